The fourth-order valence-corrected chi connectivity index (χ4v) is 8.91. The maximum Gasteiger partial charge on any atom is 0.338 e. The van der Waals surface area contributed by atoms with Gasteiger partial charge in [0, 0.05) is 29.5 Å². The molecule has 9 heteroatoms. The molecule has 0 radical (unpaired) electrons. The number of hydrogen-bond donors (Lipinski definition) is 0. The largest absolute Gasteiger partial charge is 0.465 e. The third-order valence-corrected chi connectivity index (χ3v) is 11.4. The lowest BCUT2D eigenvalue weighted by molar-refractivity contribution is 0.0140. The molecule has 5 aliphatic rings. The number of benzene rings is 1. The second-order valence-corrected chi connectivity index (χ2v) is 14.0. The second-order valence-electron chi connectivity index (χ2n) is 12.9. The number of carbonyl (C=O) groups excluding carboxylic acids is 1. The summed E-state index contributed by atoms with van der Waals surface area (Å²) >= 11 is 1.46. The average molecular weight is 566 g/mol. The minimum atomic E-state index is -0.537. The Hall–Kier alpha value is -2.52. The summed E-state index contributed by atoms with van der Waals surface area (Å²) in [6.45, 7) is 0.596. The van der Waals surface area contributed by atoms with E-state index in [-0.39, 0.29) is 11.7 Å². The third-order valence-electron chi connectivity index (χ3n) is 10.4. The topological polar surface area (TPSA) is 77.7 Å². The Kier molecular flexibility index (Phi) is 6.00. The Bertz CT molecular complexity index is 1440. The van der Waals surface area contributed by atoms with Crippen LogP contribution < -0.4 is 4.90 Å². The van der Waals surface area contributed by atoms with Crippen molar-refractivity contribution in [2.75, 3.05) is 12.0 Å². The highest BCUT2D eigenvalue weighted by Gasteiger charge is 2.47. The molecule has 40 heavy (non-hydrogen) atoms. The van der Waals surface area contributed by atoms with Crippen molar-refractivity contribution in [1.82, 2.24) is 10.1 Å². The number of anilines is 1. The Morgan fingerprint density at radius 3 is 2.50 bits per heavy atom. The fraction of sp³-hybridized carbons (Fsp3) is 0.645. The van der Waals surface area contributed by atoms with E-state index in [1.807, 2.05) is 0 Å². The van der Waals surface area contributed by atoms with Crippen LogP contribution in [0.25, 0.3) is 10.2 Å². The fourth-order valence-electron chi connectivity index (χ4n) is 7.75. The van der Waals surface area contributed by atoms with Crippen LogP contribution >= 0.6 is 11.3 Å². The van der Waals surface area contributed by atoms with Crippen molar-refractivity contribution in [1.29, 1.82) is 0 Å². The van der Waals surface area contributed by atoms with Crippen LogP contribution in [0.15, 0.2) is 16.7 Å². The molecular formula is C31H36FN3O4S. The van der Waals surface area contributed by atoms with Crippen molar-refractivity contribution in [2.24, 2.45) is 5.41 Å². The molecule has 4 heterocycles. The molecule has 1 aromatic carbocycles. The predicted molar refractivity (Wildman–Crippen MR) is 149 cm³/mol. The second kappa shape index (κ2) is 9.51. The zero-order chi connectivity index (χ0) is 27.0. The number of halogens is 1. The van der Waals surface area contributed by atoms with Crippen LogP contribution in [-0.2, 0) is 16.1 Å². The highest BCUT2D eigenvalue weighted by molar-refractivity contribution is 7.22. The molecule has 5 fully saturated rings. The number of thiazole rings is 1. The van der Waals surface area contributed by atoms with Gasteiger partial charge in [0.2, 0.25) is 0 Å². The molecule has 2 atom stereocenters. The van der Waals surface area contributed by atoms with Gasteiger partial charge in [0.05, 0.1) is 35.8 Å². The van der Waals surface area contributed by atoms with Gasteiger partial charge >= 0.3 is 5.97 Å². The van der Waals surface area contributed by atoms with Crippen molar-refractivity contribution in [2.45, 2.75) is 114 Å². The van der Waals surface area contributed by atoms with Gasteiger partial charge in [-0.1, -0.05) is 16.5 Å². The number of aromatic nitrogens is 2. The summed E-state index contributed by atoms with van der Waals surface area (Å²) in [6, 6.07) is 3.56. The van der Waals surface area contributed by atoms with Crippen LogP contribution in [0.5, 0.6) is 0 Å². The third kappa shape index (κ3) is 4.35. The van der Waals surface area contributed by atoms with E-state index in [0.29, 0.717) is 46.2 Å². The van der Waals surface area contributed by atoms with Gasteiger partial charge in [-0.05, 0) is 94.6 Å². The Balaban J connectivity index is 0.973. The molecular weight excluding hydrogens is 529 g/mol. The first kappa shape index (κ1) is 25.2. The number of fused-ring (bicyclic) bond motifs is 3. The van der Waals surface area contributed by atoms with Crippen molar-refractivity contribution >= 4 is 32.7 Å². The Labute approximate surface area is 237 Å². The summed E-state index contributed by atoms with van der Waals surface area (Å²) in [4.78, 5) is 19.1. The van der Waals surface area contributed by atoms with E-state index in [1.54, 1.807) is 6.07 Å². The molecule has 1 spiro atoms. The standard InChI is InChI=1S/C31H36FN3O4S/c1-37-29(36)19-12-24(32)27-25(13-19)40-30(33-27)35-20-4-5-21(35)15-22(14-20)38-16-23-26(34-39-28(23)18-2-3-18)17-6-8-31(9-7-17)10-11-31/h12-13,17-18,20-22H,2-11,14-16H2,1H3. The zero-order valence-corrected chi connectivity index (χ0v) is 23.8. The monoisotopic (exact) mass is 565 g/mol. The molecule has 3 saturated carbocycles. The molecule has 2 bridgehead atoms. The summed E-state index contributed by atoms with van der Waals surface area (Å²) in [5.41, 5.74) is 3.64. The predicted octanol–water partition coefficient (Wildman–Crippen LogP) is 7.24. The van der Waals surface area contributed by atoms with E-state index in [0.717, 1.165) is 36.6 Å². The summed E-state index contributed by atoms with van der Waals surface area (Å²) in [6.07, 6.45) is 14.6. The van der Waals surface area contributed by atoms with Crippen LogP contribution in [0.3, 0.4) is 0 Å². The van der Waals surface area contributed by atoms with Crippen LogP contribution in [0.4, 0.5) is 9.52 Å². The molecule has 8 rings (SSSR count). The highest BCUT2D eigenvalue weighted by Crippen LogP contribution is 2.59. The first-order valence-electron chi connectivity index (χ1n) is 15.1. The van der Waals surface area contributed by atoms with Crippen molar-refractivity contribution in [3.05, 3.63) is 40.5 Å². The molecule has 2 aromatic heterocycles. The van der Waals surface area contributed by atoms with E-state index in [4.69, 9.17) is 14.0 Å². The lowest BCUT2D eigenvalue weighted by Gasteiger charge is -2.38. The molecule has 2 aliphatic heterocycles. The zero-order valence-electron chi connectivity index (χ0n) is 23.0. The van der Waals surface area contributed by atoms with E-state index in [9.17, 15) is 9.18 Å². The summed E-state index contributed by atoms with van der Waals surface area (Å²) in [7, 11) is 1.31. The van der Waals surface area contributed by atoms with Gasteiger partial charge in [-0.15, -0.1) is 0 Å². The van der Waals surface area contributed by atoms with Gasteiger partial charge in [0.25, 0.3) is 0 Å². The van der Waals surface area contributed by atoms with Crippen LogP contribution in [0.1, 0.15) is 116 Å². The van der Waals surface area contributed by atoms with E-state index >= 15 is 0 Å². The van der Waals surface area contributed by atoms with Gasteiger partial charge in [0.15, 0.2) is 10.9 Å². The number of ether oxygens (including phenoxy) is 2. The number of hydrogen-bond acceptors (Lipinski definition) is 8. The smallest absolute Gasteiger partial charge is 0.338 e. The lowest BCUT2D eigenvalue weighted by atomic mass is 9.77. The van der Waals surface area contributed by atoms with Gasteiger partial charge < -0.3 is 18.9 Å². The number of nitrogens with zero attached hydrogens (tertiary/aromatic N) is 3. The summed E-state index contributed by atoms with van der Waals surface area (Å²) in [5.74, 6) is 1.11. The lowest BCUT2D eigenvalue weighted by Crippen LogP contribution is -2.45. The normalized spacial score (nSPS) is 27.6. The molecule has 7 nitrogen and oxygen atoms in total. The van der Waals surface area contributed by atoms with Gasteiger partial charge in [0.1, 0.15) is 11.3 Å². The van der Waals surface area contributed by atoms with Crippen LogP contribution in [0.2, 0.25) is 0 Å². The van der Waals surface area contributed by atoms with Gasteiger partial charge in [-0.2, -0.15) is 0 Å². The molecule has 0 amide bonds. The molecule has 2 unspecified atom stereocenters. The summed E-state index contributed by atoms with van der Waals surface area (Å²) in [5, 5.41) is 5.49. The minimum Gasteiger partial charge on any atom is -0.465 e. The molecule has 2 saturated heterocycles. The van der Waals surface area contributed by atoms with E-state index in [2.05, 4.69) is 15.0 Å². The van der Waals surface area contributed by atoms with Gasteiger partial charge in [-0.25, -0.2) is 14.2 Å². The molecule has 3 aromatic rings. The first-order valence-corrected chi connectivity index (χ1v) is 15.9. The SMILES string of the molecule is COC(=O)c1cc(F)c2nc(N3C4CCC3CC(OCc3c(C5CCC6(CC5)CC6)noc3C3CC3)C4)sc2c1. The maximum absolute atomic E-state index is 14.8. The Morgan fingerprint density at radius 1 is 1.07 bits per heavy atom. The Morgan fingerprint density at radius 2 is 1.82 bits per heavy atom. The molecule has 3 aliphatic carbocycles. The van der Waals surface area contributed by atoms with E-state index < -0.39 is 11.8 Å². The molecule has 212 valence electrons. The number of carbonyl (C=O) groups is 1. The number of esters is 1. The van der Waals surface area contributed by atoms with Gasteiger partial charge in [-0.3, -0.25) is 0 Å². The summed E-state index contributed by atoms with van der Waals surface area (Å²) < 4.78 is 32.9. The average Bonchev–Trinajstić information content (AvgIpc) is 3.84. The number of methoxy groups -OCH3 is 1. The number of rotatable bonds is 7. The molecule has 0 N–H and O–H groups in total. The van der Waals surface area contributed by atoms with Crippen molar-refractivity contribution in [3.63, 3.8) is 0 Å². The number of piperidine rings is 1. The van der Waals surface area contributed by atoms with Crippen LogP contribution in [-0.4, -0.2) is 41.4 Å². The van der Waals surface area contributed by atoms with Crippen molar-refractivity contribution in [3.8, 4) is 0 Å². The quantitative estimate of drug-likeness (QED) is 0.279. The first-order chi connectivity index (χ1) is 19.5. The highest BCUT2D eigenvalue weighted by atomic mass is 32.1. The van der Waals surface area contributed by atoms with Crippen molar-refractivity contribution < 1.29 is 23.2 Å². The minimum absolute atomic E-state index is 0.182. The van der Waals surface area contributed by atoms with E-state index in [1.165, 1.54) is 87.1 Å². The van der Waals surface area contributed by atoms with Crippen LogP contribution in [0, 0.1) is 11.2 Å². The maximum atomic E-state index is 14.8.